The molecule has 0 amide bonds. The molecular formula is C14H15FN2O. The Balaban J connectivity index is 2.22. The molecule has 94 valence electrons. The summed E-state index contributed by atoms with van der Waals surface area (Å²) in [6.45, 7) is 4.64. The average molecular weight is 246 g/mol. The fourth-order valence-electron chi connectivity index (χ4n) is 1.55. The van der Waals surface area contributed by atoms with Gasteiger partial charge >= 0.3 is 0 Å². The van der Waals surface area contributed by atoms with E-state index in [-0.39, 0.29) is 5.82 Å². The summed E-state index contributed by atoms with van der Waals surface area (Å²) >= 11 is 0. The Labute approximate surface area is 106 Å². The van der Waals surface area contributed by atoms with Crippen LogP contribution in [0.4, 0.5) is 10.2 Å². The van der Waals surface area contributed by atoms with Gasteiger partial charge in [-0.2, -0.15) is 4.98 Å². The highest BCUT2D eigenvalue weighted by molar-refractivity contribution is 5.40. The third kappa shape index (κ3) is 2.97. The number of rotatable bonds is 4. The largest absolute Gasteiger partial charge is 0.439 e. The van der Waals surface area contributed by atoms with E-state index in [0.29, 0.717) is 11.6 Å². The number of benzene rings is 1. The minimum Gasteiger partial charge on any atom is -0.439 e. The van der Waals surface area contributed by atoms with Crippen molar-refractivity contribution in [1.29, 1.82) is 0 Å². The van der Waals surface area contributed by atoms with Gasteiger partial charge in [0.1, 0.15) is 17.4 Å². The van der Waals surface area contributed by atoms with E-state index in [4.69, 9.17) is 4.74 Å². The number of nitrogens with zero attached hydrogens (tertiary/aromatic N) is 1. The lowest BCUT2D eigenvalue weighted by atomic mass is 10.2. The van der Waals surface area contributed by atoms with E-state index >= 15 is 0 Å². The van der Waals surface area contributed by atoms with Gasteiger partial charge in [-0.3, -0.25) is 0 Å². The maximum absolute atomic E-state index is 13.1. The van der Waals surface area contributed by atoms with Crippen LogP contribution in [0.2, 0.25) is 0 Å². The number of anilines is 1. The van der Waals surface area contributed by atoms with Gasteiger partial charge in [-0.25, -0.2) is 4.39 Å². The lowest BCUT2D eigenvalue weighted by Crippen LogP contribution is -2.00. The first-order chi connectivity index (χ1) is 8.69. The molecule has 0 atom stereocenters. The molecule has 0 fully saturated rings. The molecule has 4 heteroatoms. The van der Waals surface area contributed by atoms with Gasteiger partial charge in [0.25, 0.3) is 0 Å². The average Bonchev–Trinajstić information content (AvgIpc) is 2.35. The standard InChI is InChI=1S/C14H15FN2O/c1-3-16-13-5-4-6-14(17-13)18-12-9-11(15)8-7-10(12)2/h4-9H,3H2,1-2H3,(H,16,17). The molecule has 0 unspecified atom stereocenters. The van der Waals surface area contributed by atoms with E-state index in [1.54, 1.807) is 12.1 Å². The zero-order valence-electron chi connectivity index (χ0n) is 10.4. The fourth-order valence-corrected chi connectivity index (χ4v) is 1.55. The number of pyridine rings is 1. The summed E-state index contributed by atoms with van der Waals surface area (Å²) in [6, 6.07) is 9.88. The zero-order chi connectivity index (χ0) is 13.0. The number of ether oxygens (including phenoxy) is 1. The Hall–Kier alpha value is -2.10. The Kier molecular flexibility index (Phi) is 3.77. The van der Waals surface area contributed by atoms with Gasteiger partial charge in [0.15, 0.2) is 0 Å². The van der Waals surface area contributed by atoms with Crippen LogP contribution in [-0.2, 0) is 0 Å². The SMILES string of the molecule is CCNc1cccc(Oc2cc(F)ccc2C)n1. The number of aryl methyl sites for hydroxylation is 1. The summed E-state index contributed by atoms with van der Waals surface area (Å²) in [6.07, 6.45) is 0. The van der Waals surface area contributed by atoms with E-state index in [1.807, 2.05) is 26.0 Å². The lowest BCUT2D eigenvalue weighted by Gasteiger charge is -2.09. The summed E-state index contributed by atoms with van der Waals surface area (Å²) < 4.78 is 18.7. The Morgan fingerprint density at radius 2 is 2.11 bits per heavy atom. The molecule has 1 heterocycles. The minimum atomic E-state index is -0.321. The molecule has 1 aromatic carbocycles. The van der Waals surface area contributed by atoms with Gasteiger partial charge in [-0.05, 0) is 31.5 Å². The number of nitrogens with one attached hydrogen (secondary N) is 1. The van der Waals surface area contributed by atoms with Crippen LogP contribution in [0.1, 0.15) is 12.5 Å². The highest BCUT2D eigenvalue weighted by Crippen LogP contribution is 2.25. The monoisotopic (exact) mass is 246 g/mol. The van der Waals surface area contributed by atoms with Gasteiger partial charge in [0, 0.05) is 18.7 Å². The predicted molar refractivity (Wildman–Crippen MR) is 69.6 cm³/mol. The van der Waals surface area contributed by atoms with Crippen molar-refractivity contribution in [3.63, 3.8) is 0 Å². The molecule has 1 N–H and O–H groups in total. The first-order valence-corrected chi connectivity index (χ1v) is 5.84. The number of hydrogen-bond acceptors (Lipinski definition) is 3. The second-order valence-electron chi connectivity index (χ2n) is 3.90. The summed E-state index contributed by atoms with van der Waals surface area (Å²) in [5, 5.41) is 3.09. The highest BCUT2D eigenvalue weighted by atomic mass is 19.1. The van der Waals surface area contributed by atoms with E-state index in [9.17, 15) is 4.39 Å². The molecule has 0 radical (unpaired) electrons. The van der Waals surface area contributed by atoms with Gasteiger partial charge in [0.2, 0.25) is 5.88 Å². The third-order valence-corrected chi connectivity index (χ3v) is 2.45. The van der Waals surface area contributed by atoms with Crippen LogP contribution in [0.3, 0.4) is 0 Å². The highest BCUT2D eigenvalue weighted by Gasteiger charge is 2.04. The van der Waals surface area contributed by atoms with E-state index in [0.717, 1.165) is 17.9 Å². The second-order valence-corrected chi connectivity index (χ2v) is 3.90. The van der Waals surface area contributed by atoms with Gasteiger partial charge in [-0.1, -0.05) is 12.1 Å². The van der Waals surface area contributed by atoms with Crippen LogP contribution in [0.5, 0.6) is 11.6 Å². The Morgan fingerprint density at radius 3 is 2.89 bits per heavy atom. The van der Waals surface area contributed by atoms with Crippen LogP contribution >= 0.6 is 0 Å². The van der Waals surface area contributed by atoms with E-state index in [1.165, 1.54) is 12.1 Å². The molecule has 18 heavy (non-hydrogen) atoms. The predicted octanol–water partition coefficient (Wildman–Crippen LogP) is 3.75. The lowest BCUT2D eigenvalue weighted by molar-refractivity contribution is 0.455. The molecule has 0 saturated carbocycles. The normalized spacial score (nSPS) is 10.2. The molecule has 0 aliphatic rings. The minimum absolute atomic E-state index is 0.321. The summed E-state index contributed by atoms with van der Waals surface area (Å²) in [5.41, 5.74) is 0.868. The molecule has 2 aromatic rings. The molecule has 0 aliphatic carbocycles. The first kappa shape index (κ1) is 12.4. The van der Waals surface area contributed by atoms with Crippen molar-refractivity contribution < 1.29 is 9.13 Å². The van der Waals surface area contributed by atoms with Crippen molar-refractivity contribution in [1.82, 2.24) is 4.98 Å². The van der Waals surface area contributed by atoms with Crippen molar-refractivity contribution in [3.8, 4) is 11.6 Å². The Bertz CT molecular complexity index is 543. The molecule has 1 aromatic heterocycles. The Morgan fingerprint density at radius 1 is 1.28 bits per heavy atom. The zero-order valence-corrected chi connectivity index (χ0v) is 10.4. The summed E-state index contributed by atoms with van der Waals surface area (Å²) in [7, 11) is 0. The molecule has 0 saturated heterocycles. The van der Waals surface area contributed by atoms with Crippen LogP contribution in [-0.4, -0.2) is 11.5 Å². The van der Waals surface area contributed by atoms with Crippen LogP contribution in [0.25, 0.3) is 0 Å². The summed E-state index contributed by atoms with van der Waals surface area (Å²) in [4.78, 5) is 4.27. The van der Waals surface area contributed by atoms with Crippen molar-refractivity contribution in [2.75, 3.05) is 11.9 Å². The van der Waals surface area contributed by atoms with Gasteiger partial charge in [0.05, 0.1) is 0 Å². The second kappa shape index (κ2) is 5.49. The maximum Gasteiger partial charge on any atom is 0.221 e. The van der Waals surface area contributed by atoms with Gasteiger partial charge < -0.3 is 10.1 Å². The topological polar surface area (TPSA) is 34.1 Å². The van der Waals surface area contributed by atoms with Crippen molar-refractivity contribution in [2.24, 2.45) is 0 Å². The summed E-state index contributed by atoms with van der Waals surface area (Å²) in [5.74, 6) is 1.35. The van der Waals surface area contributed by atoms with Crippen molar-refractivity contribution >= 4 is 5.82 Å². The molecule has 0 aliphatic heterocycles. The molecular weight excluding hydrogens is 231 g/mol. The van der Waals surface area contributed by atoms with E-state index in [2.05, 4.69) is 10.3 Å². The maximum atomic E-state index is 13.1. The van der Waals surface area contributed by atoms with Gasteiger partial charge in [-0.15, -0.1) is 0 Å². The molecule has 3 nitrogen and oxygen atoms in total. The van der Waals surface area contributed by atoms with Crippen molar-refractivity contribution in [2.45, 2.75) is 13.8 Å². The third-order valence-electron chi connectivity index (χ3n) is 2.45. The number of hydrogen-bond donors (Lipinski definition) is 1. The quantitative estimate of drug-likeness (QED) is 0.892. The molecule has 0 bridgehead atoms. The molecule has 2 rings (SSSR count). The smallest absolute Gasteiger partial charge is 0.221 e. The number of halogens is 1. The number of aromatic nitrogens is 1. The van der Waals surface area contributed by atoms with Crippen molar-refractivity contribution in [3.05, 3.63) is 47.8 Å². The van der Waals surface area contributed by atoms with Crippen LogP contribution in [0, 0.1) is 12.7 Å². The fraction of sp³-hybridized carbons (Fsp3) is 0.214. The van der Waals surface area contributed by atoms with E-state index < -0.39 is 0 Å². The van der Waals surface area contributed by atoms with Crippen LogP contribution < -0.4 is 10.1 Å². The first-order valence-electron chi connectivity index (χ1n) is 5.84. The van der Waals surface area contributed by atoms with Crippen LogP contribution in [0.15, 0.2) is 36.4 Å². The molecule has 0 spiro atoms.